The van der Waals surface area contributed by atoms with Crippen LogP contribution in [0, 0.1) is 0 Å². The molecule has 0 aliphatic carbocycles. The van der Waals surface area contributed by atoms with Crippen molar-refractivity contribution in [3.63, 3.8) is 0 Å². The van der Waals surface area contributed by atoms with Gasteiger partial charge < -0.3 is 14.9 Å². The van der Waals surface area contributed by atoms with Gasteiger partial charge in [0.15, 0.2) is 0 Å². The molecular formula is C10H12F2N2O5. The van der Waals surface area contributed by atoms with E-state index in [1.165, 1.54) is 0 Å². The Hall–Kier alpha value is -1.58. The molecule has 1 saturated heterocycles. The third-order valence-electron chi connectivity index (χ3n) is 2.92. The largest absolute Gasteiger partial charge is 0.394 e. The Morgan fingerprint density at radius 2 is 2.21 bits per heavy atom. The summed E-state index contributed by atoms with van der Waals surface area (Å²) < 4.78 is 31.1. The second-order valence-electron chi connectivity index (χ2n) is 4.17. The van der Waals surface area contributed by atoms with E-state index in [2.05, 4.69) is 0 Å². The maximum atomic E-state index is 12.6. The van der Waals surface area contributed by atoms with E-state index in [9.17, 15) is 23.5 Å². The molecule has 1 aromatic rings. The number of alkyl halides is 2. The van der Waals surface area contributed by atoms with Crippen molar-refractivity contribution in [3.8, 4) is 0 Å². The number of hydrogen-bond donors (Lipinski definition) is 3. The van der Waals surface area contributed by atoms with Gasteiger partial charge in [-0.05, 0) is 0 Å². The first-order valence-corrected chi connectivity index (χ1v) is 5.52. The summed E-state index contributed by atoms with van der Waals surface area (Å²) in [6.45, 7) is -0.461. The molecule has 0 bridgehead atoms. The summed E-state index contributed by atoms with van der Waals surface area (Å²) in [6, 6.07) is 0. The number of aromatic nitrogens is 2. The molecule has 1 aliphatic heterocycles. The summed E-state index contributed by atoms with van der Waals surface area (Å²) in [7, 11) is 0. The molecule has 2 rings (SSSR count). The molecule has 3 atom stereocenters. The molecule has 0 saturated carbocycles. The highest BCUT2D eigenvalue weighted by atomic mass is 19.3. The lowest BCUT2D eigenvalue weighted by atomic mass is 10.2. The van der Waals surface area contributed by atoms with Crippen LogP contribution in [0.5, 0.6) is 0 Å². The second-order valence-corrected chi connectivity index (χ2v) is 4.17. The van der Waals surface area contributed by atoms with Crippen molar-refractivity contribution in [3.05, 3.63) is 32.6 Å². The van der Waals surface area contributed by atoms with E-state index in [1.54, 1.807) is 4.98 Å². The van der Waals surface area contributed by atoms with Crippen molar-refractivity contribution < 1.29 is 23.7 Å². The first kappa shape index (κ1) is 13.8. The Bertz CT molecular complexity index is 570. The minimum Gasteiger partial charge on any atom is -0.394 e. The smallest absolute Gasteiger partial charge is 0.330 e. The molecule has 0 spiro atoms. The lowest BCUT2D eigenvalue weighted by Gasteiger charge is -2.15. The van der Waals surface area contributed by atoms with Crippen molar-refractivity contribution in [2.24, 2.45) is 0 Å². The van der Waals surface area contributed by atoms with Gasteiger partial charge >= 0.3 is 5.69 Å². The van der Waals surface area contributed by atoms with Crippen molar-refractivity contribution >= 4 is 0 Å². The summed E-state index contributed by atoms with van der Waals surface area (Å²) in [6.07, 6.45) is -5.27. The van der Waals surface area contributed by atoms with Crippen LogP contribution in [-0.2, 0) is 4.74 Å². The van der Waals surface area contributed by atoms with E-state index in [0.717, 1.165) is 4.57 Å². The molecule has 19 heavy (non-hydrogen) atoms. The predicted octanol–water partition coefficient (Wildman–Crippen LogP) is -0.885. The van der Waals surface area contributed by atoms with Crippen molar-refractivity contribution in [2.45, 2.75) is 31.3 Å². The fraction of sp³-hybridized carbons (Fsp3) is 0.600. The number of nitrogens with one attached hydrogen (secondary N) is 1. The third-order valence-corrected chi connectivity index (χ3v) is 2.92. The molecule has 9 heteroatoms. The van der Waals surface area contributed by atoms with Crippen molar-refractivity contribution in [1.29, 1.82) is 0 Å². The van der Waals surface area contributed by atoms with Gasteiger partial charge in [0.1, 0.15) is 12.3 Å². The van der Waals surface area contributed by atoms with Gasteiger partial charge in [0.25, 0.3) is 12.0 Å². The van der Waals surface area contributed by atoms with Gasteiger partial charge in [-0.15, -0.1) is 0 Å². The van der Waals surface area contributed by atoms with Crippen LogP contribution in [-0.4, -0.2) is 38.6 Å². The van der Waals surface area contributed by atoms with Crippen LogP contribution in [0.25, 0.3) is 0 Å². The number of aliphatic hydroxyl groups is 2. The van der Waals surface area contributed by atoms with Crippen LogP contribution in [0.15, 0.2) is 15.8 Å². The van der Waals surface area contributed by atoms with Gasteiger partial charge in [-0.25, -0.2) is 13.6 Å². The molecule has 1 fully saturated rings. The number of hydrogen-bond acceptors (Lipinski definition) is 5. The van der Waals surface area contributed by atoms with Gasteiger partial charge in [0.2, 0.25) is 0 Å². The lowest BCUT2D eigenvalue weighted by molar-refractivity contribution is -0.0462. The maximum Gasteiger partial charge on any atom is 0.330 e. The standard InChI is InChI=1S/C10H12F2N2O5/c11-8(12)4-2-14(10(18)13-9(4)17)7-1-5(16)6(3-15)19-7/h2,5-8,15-16H,1,3H2,(H,13,17,18)/t5?,6-,7-/m0/s1. The minimum atomic E-state index is -3.03. The zero-order chi connectivity index (χ0) is 14.2. The molecule has 1 unspecified atom stereocenters. The highest BCUT2D eigenvalue weighted by Gasteiger charge is 2.35. The Morgan fingerprint density at radius 1 is 1.53 bits per heavy atom. The van der Waals surface area contributed by atoms with E-state index in [-0.39, 0.29) is 6.42 Å². The van der Waals surface area contributed by atoms with Gasteiger partial charge in [-0.3, -0.25) is 14.3 Å². The SMILES string of the molecule is O=c1[nH]c(=O)n([C@@H]2CC(O)[C@H](CO)O2)cc1C(F)F. The molecule has 106 valence electrons. The summed E-state index contributed by atoms with van der Waals surface area (Å²) in [5.74, 6) is 0. The molecule has 2 heterocycles. The lowest BCUT2D eigenvalue weighted by Crippen LogP contribution is -2.34. The average Bonchev–Trinajstić information content (AvgIpc) is 2.69. The quantitative estimate of drug-likeness (QED) is 0.665. The summed E-state index contributed by atoms with van der Waals surface area (Å²) in [5.41, 5.74) is -2.93. The first-order valence-electron chi connectivity index (χ1n) is 5.52. The summed E-state index contributed by atoms with van der Waals surface area (Å²) >= 11 is 0. The van der Waals surface area contributed by atoms with Gasteiger partial charge in [0, 0.05) is 12.6 Å². The van der Waals surface area contributed by atoms with Crippen molar-refractivity contribution in [1.82, 2.24) is 9.55 Å². The normalized spacial score (nSPS) is 27.1. The van der Waals surface area contributed by atoms with Gasteiger partial charge in [-0.1, -0.05) is 0 Å². The first-order chi connectivity index (χ1) is 8.93. The molecule has 7 nitrogen and oxygen atoms in total. The summed E-state index contributed by atoms with van der Waals surface area (Å²) in [5, 5.41) is 18.4. The highest BCUT2D eigenvalue weighted by Crippen LogP contribution is 2.27. The number of rotatable bonds is 3. The number of aromatic amines is 1. The molecule has 1 aromatic heterocycles. The molecular weight excluding hydrogens is 266 g/mol. The van der Waals surface area contributed by atoms with Crippen LogP contribution >= 0.6 is 0 Å². The maximum absolute atomic E-state index is 12.6. The molecule has 1 aliphatic rings. The van der Waals surface area contributed by atoms with Crippen LogP contribution in [0.1, 0.15) is 24.6 Å². The van der Waals surface area contributed by atoms with E-state index in [0.29, 0.717) is 6.20 Å². The Morgan fingerprint density at radius 3 is 2.74 bits per heavy atom. The fourth-order valence-corrected chi connectivity index (χ4v) is 1.92. The average molecular weight is 278 g/mol. The number of aliphatic hydroxyl groups excluding tert-OH is 2. The predicted molar refractivity (Wildman–Crippen MR) is 57.9 cm³/mol. The molecule has 0 radical (unpaired) electrons. The zero-order valence-electron chi connectivity index (χ0n) is 9.62. The number of nitrogens with zero attached hydrogens (tertiary/aromatic N) is 1. The number of halogens is 2. The molecule has 0 aromatic carbocycles. The molecule has 3 N–H and O–H groups in total. The van der Waals surface area contributed by atoms with E-state index >= 15 is 0 Å². The van der Waals surface area contributed by atoms with Crippen LogP contribution in [0.3, 0.4) is 0 Å². The van der Waals surface area contributed by atoms with Gasteiger partial charge in [-0.2, -0.15) is 0 Å². The zero-order valence-corrected chi connectivity index (χ0v) is 9.62. The minimum absolute atomic E-state index is 0.0418. The Labute approximate surface area is 105 Å². The van der Waals surface area contributed by atoms with Crippen LogP contribution in [0.4, 0.5) is 8.78 Å². The second kappa shape index (κ2) is 5.19. The summed E-state index contributed by atoms with van der Waals surface area (Å²) in [4.78, 5) is 24.5. The molecule has 0 amide bonds. The number of H-pyrrole nitrogens is 1. The number of ether oxygens (including phenoxy) is 1. The van der Waals surface area contributed by atoms with Gasteiger partial charge in [0.05, 0.1) is 18.3 Å². The highest BCUT2D eigenvalue weighted by molar-refractivity contribution is 5.06. The van der Waals surface area contributed by atoms with Crippen molar-refractivity contribution in [2.75, 3.05) is 6.61 Å². The third kappa shape index (κ3) is 2.57. The van der Waals surface area contributed by atoms with Crippen LogP contribution in [0.2, 0.25) is 0 Å². The topological polar surface area (TPSA) is 105 Å². The van der Waals surface area contributed by atoms with E-state index in [1.807, 2.05) is 0 Å². The van der Waals surface area contributed by atoms with E-state index < -0.39 is 48.3 Å². The fourth-order valence-electron chi connectivity index (χ4n) is 1.92. The Kier molecular flexibility index (Phi) is 3.78. The van der Waals surface area contributed by atoms with E-state index in [4.69, 9.17) is 9.84 Å². The Balaban J connectivity index is 2.38. The van der Waals surface area contributed by atoms with Crippen LogP contribution < -0.4 is 11.2 Å². The monoisotopic (exact) mass is 278 g/mol.